The van der Waals surface area contributed by atoms with Crippen molar-refractivity contribution < 1.29 is 4.74 Å². The minimum Gasteiger partial charge on any atom is -0.385 e. The summed E-state index contributed by atoms with van der Waals surface area (Å²) in [4.78, 5) is 0. The Hall–Kier alpha value is -0.120. The minimum absolute atomic E-state index is 0.440. The van der Waals surface area contributed by atoms with E-state index in [2.05, 4.69) is 12.3 Å². The molecule has 1 aliphatic carbocycles. The monoisotopic (exact) mass is 214 g/mol. The SMILES string of the molecule is CCC1CCCCC1C(CCOC)NN. The summed E-state index contributed by atoms with van der Waals surface area (Å²) in [7, 11) is 1.76. The molecule has 0 saturated heterocycles. The van der Waals surface area contributed by atoms with Gasteiger partial charge >= 0.3 is 0 Å². The molecule has 0 amide bonds. The van der Waals surface area contributed by atoms with Crippen molar-refractivity contribution in [1.82, 2.24) is 5.43 Å². The van der Waals surface area contributed by atoms with E-state index in [9.17, 15) is 0 Å². The van der Waals surface area contributed by atoms with Gasteiger partial charge in [0.15, 0.2) is 0 Å². The molecule has 0 aromatic carbocycles. The van der Waals surface area contributed by atoms with Crippen molar-refractivity contribution >= 4 is 0 Å². The molecule has 0 aliphatic heterocycles. The van der Waals surface area contributed by atoms with Gasteiger partial charge in [-0.15, -0.1) is 0 Å². The topological polar surface area (TPSA) is 47.3 Å². The first-order chi connectivity index (χ1) is 7.33. The second-order valence-electron chi connectivity index (χ2n) is 4.67. The number of hydrazine groups is 1. The van der Waals surface area contributed by atoms with Crippen LogP contribution in [0.4, 0.5) is 0 Å². The fourth-order valence-corrected chi connectivity index (χ4v) is 2.94. The van der Waals surface area contributed by atoms with E-state index < -0.39 is 0 Å². The highest BCUT2D eigenvalue weighted by Gasteiger charge is 2.29. The van der Waals surface area contributed by atoms with Crippen LogP contribution in [0.2, 0.25) is 0 Å². The Morgan fingerprint density at radius 3 is 2.73 bits per heavy atom. The predicted octanol–water partition coefficient (Wildman–Crippen LogP) is 2.07. The predicted molar refractivity (Wildman–Crippen MR) is 63.3 cm³/mol. The second-order valence-corrected chi connectivity index (χ2v) is 4.67. The van der Waals surface area contributed by atoms with Gasteiger partial charge in [-0.2, -0.15) is 0 Å². The van der Waals surface area contributed by atoms with E-state index in [-0.39, 0.29) is 0 Å². The third-order valence-electron chi connectivity index (χ3n) is 3.86. The molecule has 3 unspecified atom stereocenters. The largest absolute Gasteiger partial charge is 0.385 e. The number of ether oxygens (including phenoxy) is 1. The standard InChI is InChI=1S/C12H26N2O/c1-3-10-6-4-5-7-11(10)12(14-13)8-9-15-2/h10-12,14H,3-9,13H2,1-2H3. The van der Waals surface area contributed by atoms with Gasteiger partial charge in [-0.1, -0.05) is 32.6 Å². The molecule has 0 heterocycles. The average molecular weight is 214 g/mol. The molecule has 3 atom stereocenters. The van der Waals surface area contributed by atoms with Crippen molar-refractivity contribution in [3.63, 3.8) is 0 Å². The van der Waals surface area contributed by atoms with Crippen molar-refractivity contribution in [1.29, 1.82) is 0 Å². The van der Waals surface area contributed by atoms with Crippen LogP contribution in [0.1, 0.15) is 45.4 Å². The fourth-order valence-electron chi connectivity index (χ4n) is 2.94. The zero-order chi connectivity index (χ0) is 11.1. The van der Waals surface area contributed by atoms with Crippen molar-refractivity contribution in [3.05, 3.63) is 0 Å². The molecular weight excluding hydrogens is 188 g/mol. The highest BCUT2D eigenvalue weighted by molar-refractivity contribution is 4.83. The molecule has 90 valence electrons. The first kappa shape index (κ1) is 12.9. The van der Waals surface area contributed by atoms with Gasteiger partial charge in [-0.25, -0.2) is 0 Å². The van der Waals surface area contributed by atoms with Crippen LogP contribution in [-0.4, -0.2) is 19.8 Å². The van der Waals surface area contributed by atoms with E-state index in [1.54, 1.807) is 7.11 Å². The van der Waals surface area contributed by atoms with Crippen LogP contribution in [0.25, 0.3) is 0 Å². The Balaban J connectivity index is 2.47. The van der Waals surface area contributed by atoms with Crippen LogP contribution in [0.3, 0.4) is 0 Å². The summed E-state index contributed by atoms with van der Waals surface area (Å²) < 4.78 is 5.14. The molecule has 1 fully saturated rings. The third-order valence-corrected chi connectivity index (χ3v) is 3.86. The number of hydrogen-bond acceptors (Lipinski definition) is 3. The highest BCUT2D eigenvalue weighted by Crippen LogP contribution is 2.35. The Kier molecular flexibility index (Phi) is 6.22. The molecule has 3 heteroatoms. The maximum absolute atomic E-state index is 5.66. The van der Waals surface area contributed by atoms with Crippen molar-refractivity contribution in [3.8, 4) is 0 Å². The first-order valence-corrected chi connectivity index (χ1v) is 6.28. The van der Waals surface area contributed by atoms with Crippen LogP contribution in [0.5, 0.6) is 0 Å². The Morgan fingerprint density at radius 1 is 1.40 bits per heavy atom. The molecule has 1 rings (SSSR count). The molecule has 15 heavy (non-hydrogen) atoms. The van der Waals surface area contributed by atoms with E-state index in [0.717, 1.165) is 24.9 Å². The summed E-state index contributed by atoms with van der Waals surface area (Å²) in [6, 6.07) is 0.440. The molecule has 0 radical (unpaired) electrons. The lowest BCUT2D eigenvalue weighted by atomic mass is 9.73. The summed E-state index contributed by atoms with van der Waals surface area (Å²) in [5, 5.41) is 0. The molecule has 0 aromatic rings. The van der Waals surface area contributed by atoms with Gasteiger partial charge in [0.2, 0.25) is 0 Å². The lowest BCUT2D eigenvalue weighted by Crippen LogP contribution is -2.45. The molecule has 0 spiro atoms. The maximum Gasteiger partial charge on any atom is 0.0477 e. The van der Waals surface area contributed by atoms with Crippen LogP contribution in [0.15, 0.2) is 0 Å². The van der Waals surface area contributed by atoms with Gasteiger partial charge in [-0.05, 0) is 24.7 Å². The Labute approximate surface area is 93.7 Å². The molecule has 3 N–H and O–H groups in total. The first-order valence-electron chi connectivity index (χ1n) is 6.28. The van der Waals surface area contributed by atoms with E-state index in [4.69, 9.17) is 10.6 Å². The van der Waals surface area contributed by atoms with Crippen molar-refractivity contribution in [2.75, 3.05) is 13.7 Å². The number of hydrogen-bond donors (Lipinski definition) is 2. The van der Waals surface area contributed by atoms with Crippen molar-refractivity contribution in [2.24, 2.45) is 17.7 Å². The number of nitrogens with one attached hydrogen (secondary N) is 1. The van der Waals surface area contributed by atoms with Gasteiger partial charge < -0.3 is 4.74 Å². The summed E-state index contributed by atoms with van der Waals surface area (Å²) in [6.45, 7) is 3.11. The minimum atomic E-state index is 0.440. The number of nitrogens with two attached hydrogens (primary N) is 1. The Morgan fingerprint density at radius 2 is 2.13 bits per heavy atom. The van der Waals surface area contributed by atoms with E-state index >= 15 is 0 Å². The second kappa shape index (κ2) is 7.20. The number of methoxy groups -OCH3 is 1. The quantitative estimate of drug-likeness (QED) is 0.525. The van der Waals surface area contributed by atoms with Crippen molar-refractivity contribution in [2.45, 2.75) is 51.5 Å². The molecule has 1 aliphatic rings. The third kappa shape index (κ3) is 3.74. The van der Waals surface area contributed by atoms with Crippen LogP contribution in [0, 0.1) is 11.8 Å². The Bertz CT molecular complexity index is 164. The van der Waals surface area contributed by atoms with Gasteiger partial charge in [0.1, 0.15) is 0 Å². The molecule has 3 nitrogen and oxygen atoms in total. The van der Waals surface area contributed by atoms with Crippen LogP contribution in [-0.2, 0) is 4.74 Å². The normalized spacial score (nSPS) is 29.0. The van der Waals surface area contributed by atoms with Gasteiger partial charge in [0.25, 0.3) is 0 Å². The van der Waals surface area contributed by atoms with E-state index in [0.29, 0.717) is 6.04 Å². The molecule has 0 aromatic heterocycles. The highest BCUT2D eigenvalue weighted by atomic mass is 16.5. The lowest BCUT2D eigenvalue weighted by Gasteiger charge is -2.36. The maximum atomic E-state index is 5.66. The molecule has 1 saturated carbocycles. The van der Waals surface area contributed by atoms with Gasteiger partial charge in [0, 0.05) is 19.8 Å². The van der Waals surface area contributed by atoms with E-state index in [1.165, 1.54) is 32.1 Å². The summed E-state index contributed by atoms with van der Waals surface area (Å²) in [6.07, 6.45) is 7.80. The number of rotatable bonds is 6. The summed E-state index contributed by atoms with van der Waals surface area (Å²) in [5.41, 5.74) is 2.99. The van der Waals surface area contributed by atoms with Crippen LogP contribution < -0.4 is 11.3 Å². The van der Waals surface area contributed by atoms with Gasteiger partial charge in [-0.3, -0.25) is 11.3 Å². The molecule has 0 bridgehead atoms. The summed E-state index contributed by atoms with van der Waals surface area (Å²) in [5.74, 6) is 7.27. The average Bonchev–Trinajstić information content (AvgIpc) is 2.30. The smallest absolute Gasteiger partial charge is 0.0477 e. The van der Waals surface area contributed by atoms with Gasteiger partial charge in [0.05, 0.1) is 0 Å². The van der Waals surface area contributed by atoms with Crippen LogP contribution >= 0.6 is 0 Å². The zero-order valence-electron chi connectivity index (χ0n) is 10.2. The lowest BCUT2D eigenvalue weighted by molar-refractivity contribution is 0.129. The van der Waals surface area contributed by atoms with E-state index in [1.807, 2.05) is 0 Å². The fraction of sp³-hybridized carbons (Fsp3) is 1.00. The summed E-state index contributed by atoms with van der Waals surface area (Å²) >= 11 is 0. The molecular formula is C12H26N2O. The zero-order valence-corrected chi connectivity index (χ0v) is 10.2.